The number of ether oxygens (including phenoxy) is 2. The van der Waals surface area contributed by atoms with Gasteiger partial charge in [-0.2, -0.15) is 0 Å². The number of nitrogens with zero attached hydrogens (tertiary/aromatic N) is 1. The van der Waals surface area contributed by atoms with Crippen molar-refractivity contribution in [1.82, 2.24) is 5.32 Å². The average Bonchev–Trinajstić information content (AvgIpc) is 2.55. The van der Waals surface area contributed by atoms with Gasteiger partial charge in [0.2, 0.25) is 0 Å². The molecule has 24 heavy (non-hydrogen) atoms. The number of hydrogen-bond donors (Lipinski definition) is 1. The van der Waals surface area contributed by atoms with Gasteiger partial charge in [0.15, 0.2) is 5.72 Å². The zero-order valence-electron chi connectivity index (χ0n) is 13.4. The summed E-state index contributed by atoms with van der Waals surface area (Å²) in [6.07, 6.45) is 0.615. The molecule has 1 fully saturated rings. The largest absolute Gasteiger partial charge is 0.495 e. The highest BCUT2D eigenvalue weighted by molar-refractivity contribution is 6.30. The van der Waals surface area contributed by atoms with Gasteiger partial charge in [0.25, 0.3) is 0 Å². The molecule has 0 aromatic heterocycles. The molecule has 6 heteroatoms. The predicted octanol–water partition coefficient (Wildman–Crippen LogP) is 4.12. The Labute approximate surface area is 145 Å². The van der Waals surface area contributed by atoms with Crippen molar-refractivity contribution < 1.29 is 14.3 Å². The summed E-state index contributed by atoms with van der Waals surface area (Å²) in [5.41, 5.74) is 0.784. The Balaban J connectivity index is 1.82. The maximum atomic E-state index is 12.8. The van der Waals surface area contributed by atoms with Crippen LogP contribution in [0.1, 0.15) is 24.9 Å². The van der Waals surface area contributed by atoms with Gasteiger partial charge in [-0.15, -0.1) is 0 Å². The maximum absolute atomic E-state index is 12.8. The fraction of sp³-hybridized carbons (Fsp3) is 0.278. The molecule has 5 nitrogen and oxygen atoms in total. The SMILES string of the molecule is COc1ccccc1N1C(=O)NC2CC1(C)Oc1ccc(Cl)cc12. The fourth-order valence-electron chi connectivity index (χ4n) is 3.52. The highest BCUT2D eigenvalue weighted by Gasteiger charge is 2.50. The number of anilines is 1. The van der Waals surface area contributed by atoms with Crippen molar-refractivity contribution >= 4 is 23.3 Å². The molecule has 0 saturated carbocycles. The topological polar surface area (TPSA) is 50.8 Å². The molecular formula is C18H17ClN2O3. The molecule has 2 amide bonds. The van der Waals surface area contributed by atoms with Crippen molar-refractivity contribution in [1.29, 1.82) is 0 Å². The smallest absolute Gasteiger partial charge is 0.325 e. The summed E-state index contributed by atoms with van der Waals surface area (Å²) < 4.78 is 11.7. The first kappa shape index (κ1) is 15.1. The van der Waals surface area contributed by atoms with E-state index in [1.54, 1.807) is 18.1 Å². The van der Waals surface area contributed by atoms with E-state index in [-0.39, 0.29) is 12.1 Å². The van der Waals surface area contributed by atoms with Crippen LogP contribution in [0.15, 0.2) is 42.5 Å². The minimum absolute atomic E-state index is 0.129. The molecule has 2 aliphatic rings. The third kappa shape index (κ3) is 2.19. The molecule has 0 radical (unpaired) electrons. The Bertz CT molecular complexity index is 826. The van der Waals surface area contributed by atoms with Gasteiger partial charge >= 0.3 is 6.03 Å². The van der Waals surface area contributed by atoms with Crippen LogP contribution in [0, 0.1) is 0 Å². The van der Waals surface area contributed by atoms with Gasteiger partial charge in [-0.1, -0.05) is 23.7 Å². The molecule has 2 heterocycles. The molecule has 4 rings (SSSR count). The van der Waals surface area contributed by atoms with Crippen LogP contribution in [0.4, 0.5) is 10.5 Å². The van der Waals surface area contributed by atoms with E-state index in [4.69, 9.17) is 21.1 Å². The standard InChI is InChI=1S/C18H17ClN2O3/c1-18-10-13(12-9-11(19)7-8-15(12)24-18)20-17(22)21(18)14-5-3-4-6-16(14)23-2/h3-9,13H,10H2,1-2H3,(H,20,22). The molecule has 2 unspecified atom stereocenters. The molecule has 124 valence electrons. The number of carbonyl (C=O) groups excluding carboxylic acids is 1. The molecule has 1 saturated heterocycles. The Morgan fingerprint density at radius 1 is 1.33 bits per heavy atom. The average molecular weight is 345 g/mol. The number of benzene rings is 2. The summed E-state index contributed by atoms with van der Waals surface area (Å²) in [4.78, 5) is 14.4. The van der Waals surface area contributed by atoms with Crippen molar-refractivity contribution in [2.75, 3.05) is 12.0 Å². The van der Waals surface area contributed by atoms with E-state index in [0.717, 1.165) is 11.3 Å². The lowest BCUT2D eigenvalue weighted by atomic mass is 9.90. The minimum atomic E-state index is -0.803. The number of fused-ring (bicyclic) bond motifs is 4. The third-order valence-corrected chi connectivity index (χ3v) is 4.79. The molecule has 1 N–H and O–H groups in total. The van der Waals surface area contributed by atoms with Crippen LogP contribution in [0.2, 0.25) is 5.02 Å². The van der Waals surface area contributed by atoms with E-state index in [0.29, 0.717) is 22.9 Å². The Morgan fingerprint density at radius 2 is 2.12 bits per heavy atom. The van der Waals surface area contributed by atoms with Crippen molar-refractivity contribution in [2.45, 2.75) is 25.1 Å². The van der Waals surface area contributed by atoms with Gasteiger partial charge in [-0.3, -0.25) is 4.90 Å². The summed E-state index contributed by atoms with van der Waals surface area (Å²) in [6.45, 7) is 1.92. The van der Waals surface area contributed by atoms with E-state index in [9.17, 15) is 4.79 Å². The number of para-hydroxylation sites is 2. The predicted molar refractivity (Wildman–Crippen MR) is 91.8 cm³/mol. The van der Waals surface area contributed by atoms with Crippen LogP contribution < -0.4 is 19.7 Å². The Morgan fingerprint density at radius 3 is 2.92 bits per heavy atom. The first-order chi connectivity index (χ1) is 11.5. The summed E-state index contributed by atoms with van der Waals surface area (Å²) in [5.74, 6) is 1.36. The van der Waals surface area contributed by atoms with E-state index >= 15 is 0 Å². The number of rotatable bonds is 2. The van der Waals surface area contributed by atoms with Gasteiger partial charge in [0.05, 0.1) is 18.8 Å². The molecule has 2 aromatic carbocycles. The van der Waals surface area contributed by atoms with Crippen LogP contribution in [-0.4, -0.2) is 18.9 Å². The van der Waals surface area contributed by atoms with Crippen molar-refractivity contribution in [3.8, 4) is 11.5 Å². The van der Waals surface area contributed by atoms with Crippen molar-refractivity contribution in [3.63, 3.8) is 0 Å². The number of halogens is 1. The second kappa shape index (κ2) is 5.31. The maximum Gasteiger partial charge on any atom is 0.325 e. The number of nitrogens with one attached hydrogen (secondary N) is 1. The molecule has 0 aliphatic carbocycles. The molecule has 0 spiro atoms. The molecular weight excluding hydrogens is 328 g/mol. The summed E-state index contributed by atoms with van der Waals surface area (Å²) >= 11 is 6.09. The quantitative estimate of drug-likeness (QED) is 0.891. The summed E-state index contributed by atoms with van der Waals surface area (Å²) in [7, 11) is 1.59. The van der Waals surface area contributed by atoms with Gasteiger partial charge < -0.3 is 14.8 Å². The lowest BCUT2D eigenvalue weighted by Crippen LogP contribution is -2.65. The van der Waals surface area contributed by atoms with Crippen LogP contribution in [0.3, 0.4) is 0 Å². The Kier molecular flexibility index (Phi) is 3.35. The Hall–Kier alpha value is -2.40. The lowest BCUT2D eigenvalue weighted by molar-refractivity contribution is 0.0375. The van der Waals surface area contributed by atoms with Crippen molar-refractivity contribution in [2.24, 2.45) is 0 Å². The van der Waals surface area contributed by atoms with Crippen molar-refractivity contribution in [3.05, 3.63) is 53.1 Å². The molecule has 2 atom stereocenters. The lowest BCUT2D eigenvalue weighted by Gasteiger charge is -2.50. The zero-order valence-corrected chi connectivity index (χ0v) is 14.1. The fourth-order valence-corrected chi connectivity index (χ4v) is 3.71. The monoisotopic (exact) mass is 344 g/mol. The summed E-state index contributed by atoms with van der Waals surface area (Å²) in [6, 6.07) is 12.6. The number of carbonyl (C=O) groups is 1. The first-order valence-corrected chi connectivity index (χ1v) is 8.12. The van der Waals surface area contributed by atoms with Gasteiger partial charge in [-0.25, -0.2) is 4.79 Å². The van der Waals surface area contributed by atoms with Crippen LogP contribution in [-0.2, 0) is 0 Å². The van der Waals surface area contributed by atoms with E-state index in [1.807, 2.05) is 43.3 Å². The molecule has 2 bridgehead atoms. The van der Waals surface area contributed by atoms with Crippen LogP contribution >= 0.6 is 11.6 Å². The highest BCUT2D eigenvalue weighted by Crippen LogP contribution is 2.47. The zero-order chi connectivity index (χ0) is 16.9. The second-order valence-electron chi connectivity index (χ2n) is 6.17. The van der Waals surface area contributed by atoms with Gasteiger partial charge in [-0.05, 0) is 37.3 Å². The summed E-state index contributed by atoms with van der Waals surface area (Å²) in [5, 5.41) is 3.68. The van der Waals surface area contributed by atoms with Gasteiger partial charge in [0.1, 0.15) is 11.5 Å². The third-order valence-electron chi connectivity index (χ3n) is 4.56. The second-order valence-corrected chi connectivity index (χ2v) is 6.61. The van der Waals surface area contributed by atoms with Crippen LogP contribution in [0.5, 0.6) is 11.5 Å². The number of urea groups is 1. The highest BCUT2D eigenvalue weighted by atomic mass is 35.5. The minimum Gasteiger partial charge on any atom is -0.495 e. The number of methoxy groups -OCH3 is 1. The van der Waals surface area contributed by atoms with E-state index in [2.05, 4.69) is 5.32 Å². The molecule has 2 aliphatic heterocycles. The van der Waals surface area contributed by atoms with Gasteiger partial charge in [0, 0.05) is 17.0 Å². The normalized spacial score (nSPS) is 24.7. The molecule has 2 aromatic rings. The number of amides is 2. The number of hydrogen-bond acceptors (Lipinski definition) is 3. The van der Waals surface area contributed by atoms with E-state index < -0.39 is 5.72 Å². The first-order valence-electron chi connectivity index (χ1n) is 7.74. The van der Waals surface area contributed by atoms with Crippen LogP contribution in [0.25, 0.3) is 0 Å². The van der Waals surface area contributed by atoms with E-state index in [1.165, 1.54) is 0 Å².